The molecule has 11 nitrogen and oxygen atoms in total. The van der Waals surface area contributed by atoms with Gasteiger partial charge in [0.15, 0.2) is 5.78 Å². The maximum atomic E-state index is 13.2. The Morgan fingerprint density at radius 2 is 1.29 bits per heavy atom. The van der Waals surface area contributed by atoms with Crippen molar-refractivity contribution in [2.45, 2.75) is 25.2 Å². The molecular formula is C27H36N2O9. The fourth-order valence-corrected chi connectivity index (χ4v) is 3.29. The van der Waals surface area contributed by atoms with Crippen LogP contribution in [0.3, 0.4) is 0 Å². The summed E-state index contributed by atoms with van der Waals surface area (Å²) in [5, 5.41) is 12.1. The number of nitrogens with two attached hydrogens (primary N) is 1. The summed E-state index contributed by atoms with van der Waals surface area (Å²) in [5.74, 6) is -2.27. The second-order valence-electron chi connectivity index (χ2n) is 8.07. The minimum absolute atomic E-state index is 0.000439. The Morgan fingerprint density at radius 3 is 1.84 bits per heavy atom. The number of carbonyl (C=O) groups excluding carboxylic acids is 2. The molecule has 2 aromatic rings. The number of carboxylic acids is 1. The lowest BCUT2D eigenvalue weighted by molar-refractivity contribution is -0.158. The van der Waals surface area contributed by atoms with Crippen molar-refractivity contribution in [1.29, 1.82) is 0 Å². The number of carboxylic acid groups (broad SMARTS) is 1. The first-order valence-corrected chi connectivity index (χ1v) is 12.3. The molecule has 2 unspecified atom stereocenters. The monoisotopic (exact) mass is 532 g/mol. The summed E-state index contributed by atoms with van der Waals surface area (Å²) in [7, 11) is 0. The van der Waals surface area contributed by atoms with E-state index in [0.717, 1.165) is 11.1 Å². The molecular weight excluding hydrogens is 496 g/mol. The average Bonchev–Trinajstić information content (AvgIpc) is 2.93. The highest BCUT2D eigenvalue weighted by atomic mass is 16.6. The van der Waals surface area contributed by atoms with Crippen molar-refractivity contribution >= 4 is 17.8 Å². The highest BCUT2D eigenvalue weighted by Gasteiger charge is 2.34. The topological polar surface area (TPSA) is 156 Å². The fourth-order valence-electron chi connectivity index (χ4n) is 3.29. The van der Waals surface area contributed by atoms with Gasteiger partial charge in [-0.3, -0.25) is 4.79 Å². The summed E-state index contributed by atoms with van der Waals surface area (Å²) in [6.45, 7) is 2.25. The van der Waals surface area contributed by atoms with Crippen molar-refractivity contribution in [2.75, 3.05) is 52.8 Å². The molecule has 4 N–H and O–H groups in total. The number of aliphatic carboxylic acids is 1. The van der Waals surface area contributed by atoms with Crippen LogP contribution in [0, 0.1) is 0 Å². The van der Waals surface area contributed by atoms with Crippen LogP contribution >= 0.6 is 0 Å². The molecule has 0 radical (unpaired) electrons. The van der Waals surface area contributed by atoms with Crippen LogP contribution in [0.2, 0.25) is 0 Å². The molecule has 0 heterocycles. The maximum absolute atomic E-state index is 13.2. The molecule has 0 bridgehead atoms. The number of rotatable bonds is 20. The Morgan fingerprint density at radius 1 is 0.763 bits per heavy atom. The van der Waals surface area contributed by atoms with E-state index >= 15 is 0 Å². The van der Waals surface area contributed by atoms with Gasteiger partial charge in [-0.1, -0.05) is 60.7 Å². The number of amides is 1. The molecule has 0 aliphatic rings. The lowest BCUT2D eigenvalue weighted by atomic mass is 9.99. The summed E-state index contributed by atoms with van der Waals surface area (Å²) < 4.78 is 26.4. The molecule has 38 heavy (non-hydrogen) atoms. The average molecular weight is 533 g/mol. The van der Waals surface area contributed by atoms with Gasteiger partial charge in [-0.15, -0.1) is 0 Å². The lowest BCUT2D eigenvalue weighted by Crippen LogP contribution is -2.50. The van der Waals surface area contributed by atoms with Crippen molar-refractivity contribution in [3.63, 3.8) is 0 Å². The molecule has 0 fully saturated rings. The summed E-state index contributed by atoms with van der Waals surface area (Å²) in [6.07, 6.45) is -2.57. The van der Waals surface area contributed by atoms with Crippen LogP contribution in [-0.2, 0) is 46.3 Å². The van der Waals surface area contributed by atoms with E-state index in [1.54, 1.807) is 36.4 Å². The van der Waals surface area contributed by atoms with Gasteiger partial charge >= 0.3 is 12.1 Å². The highest BCUT2D eigenvalue weighted by Crippen LogP contribution is 2.09. The van der Waals surface area contributed by atoms with Crippen LogP contribution in [0.5, 0.6) is 0 Å². The predicted octanol–water partition coefficient (Wildman–Crippen LogP) is 1.57. The summed E-state index contributed by atoms with van der Waals surface area (Å²) >= 11 is 0. The van der Waals surface area contributed by atoms with E-state index in [-0.39, 0.29) is 32.8 Å². The zero-order valence-corrected chi connectivity index (χ0v) is 21.3. The van der Waals surface area contributed by atoms with Crippen molar-refractivity contribution in [3.8, 4) is 0 Å². The Labute approximate surface area is 222 Å². The molecule has 0 aliphatic carbocycles. The van der Waals surface area contributed by atoms with Gasteiger partial charge in [-0.05, 0) is 17.5 Å². The highest BCUT2D eigenvalue weighted by molar-refractivity contribution is 6.05. The number of nitrogens with one attached hydrogen (secondary N) is 1. The van der Waals surface area contributed by atoms with Gasteiger partial charge in [-0.25, -0.2) is 9.59 Å². The van der Waals surface area contributed by atoms with Crippen LogP contribution in [0.1, 0.15) is 11.1 Å². The molecule has 0 spiro atoms. The van der Waals surface area contributed by atoms with Crippen LogP contribution in [-0.4, -0.2) is 87.9 Å². The molecule has 11 heteroatoms. The first kappa shape index (κ1) is 30.9. The molecule has 2 rings (SSSR count). The zero-order valence-electron chi connectivity index (χ0n) is 21.3. The van der Waals surface area contributed by atoms with Gasteiger partial charge in [-0.2, -0.15) is 0 Å². The Hall–Kier alpha value is -3.35. The van der Waals surface area contributed by atoms with Crippen molar-refractivity contribution in [1.82, 2.24) is 5.32 Å². The molecule has 2 atom stereocenters. The SMILES string of the molecule is NCCOCCOCCOCCOC(C(=O)O)C(=O)C(Cc1ccccc1)NC(=O)OCc1ccccc1. The first-order chi connectivity index (χ1) is 18.5. The summed E-state index contributed by atoms with van der Waals surface area (Å²) in [6, 6.07) is 16.8. The largest absolute Gasteiger partial charge is 0.479 e. The van der Waals surface area contributed by atoms with Gasteiger partial charge in [0.05, 0.1) is 52.3 Å². The van der Waals surface area contributed by atoms with Crippen LogP contribution in [0.4, 0.5) is 4.79 Å². The van der Waals surface area contributed by atoms with Crippen LogP contribution < -0.4 is 11.1 Å². The third-order valence-electron chi connectivity index (χ3n) is 5.13. The van der Waals surface area contributed by atoms with E-state index in [2.05, 4.69) is 5.32 Å². The Bertz CT molecular complexity index is 944. The van der Waals surface area contributed by atoms with E-state index < -0.39 is 30.0 Å². The summed E-state index contributed by atoms with van der Waals surface area (Å²) in [4.78, 5) is 37.4. The van der Waals surface area contributed by atoms with Crippen molar-refractivity contribution in [2.24, 2.45) is 5.73 Å². The second-order valence-corrected chi connectivity index (χ2v) is 8.07. The smallest absolute Gasteiger partial charge is 0.408 e. The van der Waals surface area contributed by atoms with E-state index in [1.165, 1.54) is 0 Å². The van der Waals surface area contributed by atoms with Crippen molar-refractivity contribution < 1.29 is 43.2 Å². The third kappa shape index (κ3) is 12.7. The number of benzene rings is 2. The number of ether oxygens (including phenoxy) is 5. The van der Waals surface area contributed by atoms with Crippen LogP contribution in [0.25, 0.3) is 0 Å². The molecule has 0 aromatic heterocycles. The number of hydrogen-bond acceptors (Lipinski definition) is 9. The maximum Gasteiger partial charge on any atom is 0.408 e. The second kappa shape index (κ2) is 18.8. The van der Waals surface area contributed by atoms with Gasteiger partial charge in [0.2, 0.25) is 6.10 Å². The molecule has 0 aliphatic heterocycles. The van der Waals surface area contributed by atoms with Crippen molar-refractivity contribution in [3.05, 3.63) is 71.8 Å². The standard InChI is InChI=1S/C27H36N2O9/c28-11-12-34-13-14-35-15-16-36-17-18-37-25(26(31)32)24(30)23(19-21-7-3-1-4-8-21)29-27(33)38-20-22-9-5-2-6-10-22/h1-10,23,25H,11-20,28H2,(H,29,33)(H,31,32). The van der Waals surface area contributed by atoms with E-state index in [0.29, 0.717) is 33.0 Å². The van der Waals surface area contributed by atoms with Gasteiger partial charge in [0.25, 0.3) is 0 Å². The van der Waals surface area contributed by atoms with Crippen LogP contribution in [0.15, 0.2) is 60.7 Å². The number of carbonyl (C=O) groups is 3. The zero-order chi connectivity index (χ0) is 27.4. The fraction of sp³-hybridized carbons (Fsp3) is 0.444. The Kier molecular flexibility index (Phi) is 15.3. The molecule has 0 saturated carbocycles. The normalized spacial score (nSPS) is 12.4. The van der Waals surface area contributed by atoms with Gasteiger partial charge in [0, 0.05) is 6.54 Å². The quantitative estimate of drug-likeness (QED) is 0.169. The minimum atomic E-state index is -1.79. The molecule has 1 amide bonds. The third-order valence-corrected chi connectivity index (χ3v) is 5.13. The van der Waals surface area contributed by atoms with E-state index in [9.17, 15) is 19.5 Å². The first-order valence-electron chi connectivity index (χ1n) is 12.3. The number of Topliss-reactive ketones (excluding diaryl/α,β-unsaturated/α-hetero) is 1. The summed E-state index contributed by atoms with van der Waals surface area (Å²) in [5.41, 5.74) is 6.82. The molecule has 2 aromatic carbocycles. The predicted molar refractivity (Wildman–Crippen MR) is 138 cm³/mol. The molecule has 0 saturated heterocycles. The van der Waals surface area contributed by atoms with E-state index in [4.69, 9.17) is 29.4 Å². The minimum Gasteiger partial charge on any atom is -0.479 e. The van der Waals surface area contributed by atoms with Gasteiger partial charge in [0.1, 0.15) is 6.61 Å². The number of hydrogen-bond donors (Lipinski definition) is 3. The lowest BCUT2D eigenvalue weighted by Gasteiger charge is -2.21. The van der Waals surface area contributed by atoms with E-state index in [1.807, 2.05) is 24.3 Å². The Balaban J connectivity index is 1.85. The molecule has 208 valence electrons. The van der Waals surface area contributed by atoms with Gasteiger partial charge < -0.3 is 39.8 Å². The number of ketones is 1. The number of alkyl carbamates (subject to hydrolysis) is 1.